The lowest BCUT2D eigenvalue weighted by Gasteiger charge is -2.35. The topological polar surface area (TPSA) is 47.6 Å². The molecule has 0 bridgehead atoms. The number of amides is 2. The molecule has 0 aliphatic carbocycles. The van der Waals surface area contributed by atoms with Crippen molar-refractivity contribution >= 4 is 23.1 Å². The highest BCUT2D eigenvalue weighted by atomic mass is 19.1. The number of hydrogen-bond acceptors (Lipinski definition) is 3. The van der Waals surface area contributed by atoms with Gasteiger partial charge in [0.1, 0.15) is 5.82 Å². The Morgan fingerprint density at radius 2 is 1.73 bits per heavy atom. The Balaban J connectivity index is 1.63. The van der Waals surface area contributed by atoms with E-state index in [1.54, 1.807) is 12.1 Å². The van der Waals surface area contributed by atoms with E-state index in [1.165, 1.54) is 17.8 Å². The summed E-state index contributed by atoms with van der Waals surface area (Å²) in [6.07, 6.45) is 0. The molecule has 1 fully saturated rings. The zero-order valence-corrected chi connectivity index (χ0v) is 15.3. The van der Waals surface area contributed by atoms with Crippen molar-refractivity contribution in [3.8, 4) is 0 Å². The van der Waals surface area contributed by atoms with Gasteiger partial charge in [0, 0.05) is 37.6 Å². The second-order valence-corrected chi connectivity index (χ2v) is 6.48. The largest absolute Gasteiger partial charge is 0.369 e. The lowest BCUT2D eigenvalue weighted by atomic mass is 10.1. The van der Waals surface area contributed by atoms with Gasteiger partial charge < -0.3 is 20.4 Å². The van der Waals surface area contributed by atoms with Gasteiger partial charge in [-0.05, 0) is 49.4 Å². The number of nitrogens with one attached hydrogen (secondary N) is 2. The van der Waals surface area contributed by atoms with E-state index in [-0.39, 0.29) is 5.69 Å². The van der Waals surface area contributed by atoms with E-state index in [4.69, 9.17) is 0 Å². The number of urea groups is 1. The SMILES string of the molecule is CCN1CCN(c2ccc(NC(=O)Nc3ccccc3F)c(C)c2)CC1. The van der Waals surface area contributed by atoms with Crippen LogP contribution in [0.2, 0.25) is 0 Å². The van der Waals surface area contributed by atoms with Gasteiger partial charge in [-0.1, -0.05) is 19.1 Å². The minimum absolute atomic E-state index is 0.160. The Bertz CT molecular complexity index is 772. The summed E-state index contributed by atoms with van der Waals surface area (Å²) in [5.74, 6) is -0.457. The standard InChI is InChI=1S/C20H25FN4O/c1-3-24-10-12-25(13-11-24)16-8-9-18(15(2)14-16)22-20(26)23-19-7-5-4-6-17(19)21/h4-9,14H,3,10-13H2,1-2H3,(H2,22,23,26). The third-order valence-electron chi connectivity index (χ3n) is 4.76. The Hall–Kier alpha value is -2.60. The minimum Gasteiger partial charge on any atom is -0.369 e. The van der Waals surface area contributed by atoms with Crippen LogP contribution in [-0.4, -0.2) is 43.7 Å². The molecule has 0 unspecified atom stereocenters. The third kappa shape index (κ3) is 4.32. The van der Waals surface area contributed by atoms with Crippen molar-refractivity contribution in [2.45, 2.75) is 13.8 Å². The number of carbonyl (C=O) groups excluding carboxylic acids is 1. The molecule has 6 heteroatoms. The molecule has 3 rings (SSSR count). The molecule has 0 atom stereocenters. The molecule has 138 valence electrons. The zero-order valence-electron chi connectivity index (χ0n) is 15.3. The van der Waals surface area contributed by atoms with Crippen LogP contribution in [0, 0.1) is 12.7 Å². The predicted octanol–water partition coefficient (Wildman–Crippen LogP) is 3.92. The first-order valence-electron chi connectivity index (χ1n) is 8.97. The van der Waals surface area contributed by atoms with Gasteiger partial charge in [-0.3, -0.25) is 0 Å². The quantitative estimate of drug-likeness (QED) is 0.873. The molecule has 1 aliphatic rings. The maximum atomic E-state index is 13.6. The number of halogens is 1. The number of carbonyl (C=O) groups is 1. The maximum absolute atomic E-state index is 13.6. The predicted molar refractivity (Wildman–Crippen MR) is 105 cm³/mol. The van der Waals surface area contributed by atoms with Crippen molar-refractivity contribution in [1.82, 2.24) is 4.90 Å². The van der Waals surface area contributed by atoms with Gasteiger partial charge in [-0.25, -0.2) is 9.18 Å². The normalized spacial score (nSPS) is 15.0. The average Bonchev–Trinajstić information content (AvgIpc) is 2.65. The average molecular weight is 356 g/mol. The van der Waals surface area contributed by atoms with Crippen LogP contribution < -0.4 is 15.5 Å². The van der Waals surface area contributed by atoms with Crippen LogP contribution >= 0.6 is 0 Å². The van der Waals surface area contributed by atoms with Crippen LogP contribution in [0.1, 0.15) is 12.5 Å². The van der Waals surface area contributed by atoms with Crippen molar-refractivity contribution in [2.75, 3.05) is 48.3 Å². The van der Waals surface area contributed by atoms with E-state index in [9.17, 15) is 9.18 Å². The molecule has 2 N–H and O–H groups in total. The van der Waals surface area contributed by atoms with Gasteiger partial charge in [0.25, 0.3) is 0 Å². The summed E-state index contributed by atoms with van der Waals surface area (Å²) in [5, 5.41) is 5.32. The van der Waals surface area contributed by atoms with Crippen LogP contribution in [0.4, 0.5) is 26.2 Å². The van der Waals surface area contributed by atoms with Crippen LogP contribution in [0.25, 0.3) is 0 Å². The van der Waals surface area contributed by atoms with Crippen molar-refractivity contribution in [1.29, 1.82) is 0 Å². The fraction of sp³-hybridized carbons (Fsp3) is 0.350. The smallest absolute Gasteiger partial charge is 0.323 e. The summed E-state index contributed by atoms with van der Waals surface area (Å²) in [6, 6.07) is 11.7. The number of rotatable bonds is 4. The fourth-order valence-electron chi connectivity index (χ4n) is 3.15. The van der Waals surface area contributed by atoms with E-state index in [0.717, 1.165) is 44.0 Å². The summed E-state index contributed by atoms with van der Waals surface area (Å²) >= 11 is 0. The van der Waals surface area contributed by atoms with Gasteiger partial charge in [-0.2, -0.15) is 0 Å². The molecule has 1 saturated heterocycles. The number of hydrogen-bond donors (Lipinski definition) is 2. The van der Waals surface area contributed by atoms with Crippen molar-refractivity contribution in [3.63, 3.8) is 0 Å². The summed E-state index contributed by atoms with van der Waals surface area (Å²) in [4.78, 5) is 16.9. The highest BCUT2D eigenvalue weighted by molar-refractivity contribution is 6.00. The van der Waals surface area contributed by atoms with Gasteiger partial charge in [0.2, 0.25) is 0 Å². The first-order valence-corrected chi connectivity index (χ1v) is 8.97. The van der Waals surface area contributed by atoms with Gasteiger partial charge in [0.05, 0.1) is 5.69 Å². The zero-order chi connectivity index (χ0) is 18.5. The first-order chi connectivity index (χ1) is 12.6. The Morgan fingerprint density at radius 3 is 2.38 bits per heavy atom. The summed E-state index contributed by atoms with van der Waals surface area (Å²) in [5.41, 5.74) is 3.02. The molecule has 1 aliphatic heterocycles. The van der Waals surface area contributed by atoms with Crippen molar-refractivity contribution < 1.29 is 9.18 Å². The monoisotopic (exact) mass is 356 g/mol. The lowest BCUT2D eigenvalue weighted by molar-refractivity contribution is 0.262. The number of para-hydroxylation sites is 1. The molecule has 2 aromatic carbocycles. The summed E-state index contributed by atoms with van der Waals surface area (Å²) in [6.45, 7) is 9.40. The van der Waals surface area contributed by atoms with E-state index < -0.39 is 11.8 Å². The number of benzene rings is 2. The number of nitrogens with zero attached hydrogens (tertiary/aromatic N) is 2. The van der Waals surface area contributed by atoms with E-state index in [0.29, 0.717) is 0 Å². The van der Waals surface area contributed by atoms with Gasteiger partial charge >= 0.3 is 6.03 Å². The van der Waals surface area contributed by atoms with E-state index in [1.807, 2.05) is 19.1 Å². The van der Waals surface area contributed by atoms with E-state index >= 15 is 0 Å². The molecule has 1 heterocycles. The highest BCUT2D eigenvalue weighted by Crippen LogP contribution is 2.24. The number of aryl methyl sites for hydroxylation is 1. The molecule has 0 aromatic heterocycles. The maximum Gasteiger partial charge on any atom is 0.323 e. The lowest BCUT2D eigenvalue weighted by Crippen LogP contribution is -2.46. The molecule has 0 radical (unpaired) electrons. The molecule has 5 nitrogen and oxygen atoms in total. The second kappa shape index (κ2) is 8.19. The van der Waals surface area contributed by atoms with Crippen LogP contribution in [0.3, 0.4) is 0 Å². The molecular weight excluding hydrogens is 331 g/mol. The summed E-state index contributed by atoms with van der Waals surface area (Å²) in [7, 11) is 0. The third-order valence-corrected chi connectivity index (χ3v) is 4.76. The second-order valence-electron chi connectivity index (χ2n) is 6.48. The number of piperazine rings is 1. The Kier molecular flexibility index (Phi) is 5.73. The molecule has 2 aromatic rings. The fourth-order valence-corrected chi connectivity index (χ4v) is 3.15. The minimum atomic E-state index is -0.457. The first kappa shape index (κ1) is 18.2. The number of anilines is 3. The van der Waals surface area contributed by atoms with Crippen LogP contribution in [0.15, 0.2) is 42.5 Å². The molecule has 2 amide bonds. The van der Waals surface area contributed by atoms with Crippen molar-refractivity contribution in [3.05, 3.63) is 53.8 Å². The number of likely N-dealkylation sites (N-methyl/N-ethyl adjacent to an activating group) is 1. The molecule has 26 heavy (non-hydrogen) atoms. The molecule has 0 saturated carbocycles. The van der Waals surface area contributed by atoms with Crippen LogP contribution in [0.5, 0.6) is 0 Å². The summed E-state index contributed by atoms with van der Waals surface area (Å²) < 4.78 is 13.6. The highest BCUT2D eigenvalue weighted by Gasteiger charge is 2.16. The van der Waals surface area contributed by atoms with Gasteiger partial charge in [0.15, 0.2) is 0 Å². The Labute approximate surface area is 153 Å². The molecule has 0 spiro atoms. The van der Waals surface area contributed by atoms with Crippen LogP contribution in [-0.2, 0) is 0 Å². The van der Waals surface area contributed by atoms with Crippen molar-refractivity contribution in [2.24, 2.45) is 0 Å². The molecular formula is C20H25FN4O. The van der Waals surface area contributed by atoms with E-state index in [2.05, 4.69) is 33.4 Å². The Morgan fingerprint density at radius 1 is 1.04 bits per heavy atom. The van der Waals surface area contributed by atoms with Gasteiger partial charge in [-0.15, -0.1) is 0 Å².